The number of rotatable bonds is 7. The van der Waals surface area contributed by atoms with Gasteiger partial charge in [-0.15, -0.1) is 0 Å². The minimum Gasteiger partial charge on any atom is -0.393 e. The molecule has 15 heavy (non-hydrogen) atoms. The molecule has 0 aromatic carbocycles. The Kier molecular flexibility index (Phi) is 4.47. The maximum absolute atomic E-state index is 11.0. The second-order valence-corrected chi connectivity index (χ2v) is 4.77. The number of nitrogens with zero attached hydrogens (tertiary/aromatic N) is 1. The highest BCUT2D eigenvalue weighted by atomic mass is 32.1. The van der Waals surface area contributed by atoms with Gasteiger partial charge in [0.1, 0.15) is 0 Å². The largest absolute Gasteiger partial charge is 0.393 e. The highest BCUT2D eigenvalue weighted by Crippen LogP contribution is 2.27. The van der Waals surface area contributed by atoms with E-state index < -0.39 is 0 Å². The highest BCUT2D eigenvalue weighted by molar-refractivity contribution is 7.80. The second-order valence-electron chi connectivity index (χ2n) is 4.25. The van der Waals surface area contributed by atoms with Gasteiger partial charge in [0.2, 0.25) is 5.91 Å². The van der Waals surface area contributed by atoms with E-state index in [1.54, 1.807) is 0 Å². The molecule has 1 atom stereocenters. The molecular weight excluding hydrogens is 210 g/mol. The molecule has 0 bridgehead atoms. The summed E-state index contributed by atoms with van der Waals surface area (Å²) in [5, 5.41) is 0. The van der Waals surface area contributed by atoms with Crippen molar-refractivity contribution in [2.75, 3.05) is 13.1 Å². The maximum Gasteiger partial charge on any atom is 0.221 e. The average molecular weight is 229 g/mol. The van der Waals surface area contributed by atoms with Gasteiger partial charge in [0, 0.05) is 31.5 Å². The molecule has 1 saturated carbocycles. The van der Waals surface area contributed by atoms with Crippen LogP contribution in [0, 0.1) is 5.92 Å². The van der Waals surface area contributed by atoms with E-state index in [1.165, 1.54) is 12.8 Å². The first-order valence-electron chi connectivity index (χ1n) is 5.32. The fraction of sp³-hybridized carbons (Fsp3) is 0.800. The van der Waals surface area contributed by atoms with Crippen LogP contribution < -0.4 is 11.5 Å². The molecule has 0 aliphatic heterocycles. The molecule has 0 aromatic heterocycles. The fourth-order valence-corrected chi connectivity index (χ4v) is 1.65. The summed E-state index contributed by atoms with van der Waals surface area (Å²) in [6.07, 6.45) is 3.14. The average Bonchev–Trinajstić information content (AvgIpc) is 2.94. The third kappa shape index (κ3) is 4.57. The van der Waals surface area contributed by atoms with Gasteiger partial charge in [-0.3, -0.25) is 9.69 Å². The van der Waals surface area contributed by atoms with E-state index in [2.05, 4.69) is 4.90 Å². The quantitative estimate of drug-likeness (QED) is 0.614. The van der Waals surface area contributed by atoms with Gasteiger partial charge in [0.05, 0.1) is 4.99 Å². The van der Waals surface area contributed by atoms with Crippen LogP contribution in [0.3, 0.4) is 0 Å². The van der Waals surface area contributed by atoms with Gasteiger partial charge in [0.25, 0.3) is 0 Å². The van der Waals surface area contributed by atoms with Gasteiger partial charge in [0.15, 0.2) is 0 Å². The molecule has 4 nitrogen and oxygen atoms in total. The number of amides is 1. The van der Waals surface area contributed by atoms with Crippen LogP contribution in [0.2, 0.25) is 0 Å². The zero-order chi connectivity index (χ0) is 11.4. The van der Waals surface area contributed by atoms with Crippen LogP contribution >= 0.6 is 12.2 Å². The Bertz CT molecular complexity index is 253. The van der Waals surface area contributed by atoms with E-state index >= 15 is 0 Å². The standard InChI is InChI=1S/C10H19N3OS/c1-7(10(12)14)6-13(8-2-3-8)5-4-9(11)15/h7-8H,2-6H2,1H3,(H2,11,15)(H2,12,14). The van der Waals surface area contributed by atoms with Gasteiger partial charge in [-0.25, -0.2) is 0 Å². The lowest BCUT2D eigenvalue weighted by atomic mass is 10.1. The van der Waals surface area contributed by atoms with Crippen molar-refractivity contribution in [3.05, 3.63) is 0 Å². The Morgan fingerprint density at radius 2 is 2.13 bits per heavy atom. The predicted octanol–water partition coefficient (Wildman–Crippen LogP) is 0.248. The Balaban J connectivity index is 2.36. The van der Waals surface area contributed by atoms with Crippen molar-refractivity contribution < 1.29 is 4.79 Å². The van der Waals surface area contributed by atoms with Gasteiger partial charge in [-0.1, -0.05) is 19.1 Å². The van der Waals surface area contributed by atoms with Crippen LogP contribution in [0.25, 0.3) is 0 Å². The summed E-state index contributed by atoms with van der Waals surface area (Å²) in [4.78, 5) is 13.8. The monoisotopic (exact) mass is 229 g/mol. The lowest BCUT2D eigenvalue weighted by Crippen LogP contribution is -2.37. The minimum atomic E-state index is -0.240. The summed E-state index contributed by atoms with van der Waals surface area (Å²) in [6.45, 7) is 3.43. The summed E-state index contributed by atoms with van der Waals surface area (Å²) in [7, 11) is 0. The van der Waals surface area contributed by atoms with E-state index in [-0.39, 0.29) is 11.8 Å². The number of thiocarbonyl (C=S) groups is 1. The Morgan fingerprint density at radius 3 is 2.53 bits per heavy atom. The molecule has 86 valence electrons. The SMILES string of the molecule is CC(CN(CCC(N)=S)C1CC1)C(N)=O. The summed E-state index contributed by atoms with van der Waals surface area (Å²) in [5.74, 6) is -0.340. The topological polar surface area (TPSA) is 72.3 Å². The molecule has 4 N–H and O–H groups in total. The van der Waals surface area contributed by atoms with Crippen molar-refractivity contribution in [2.45, 2.75) is 32.2 Å². The van der Waals surface area contributed by atoms with Crippen molar-refractivity contribution in [3.63, 3.8) is 0 Å². The molecule has 0 radical (unpaired) electrons. The molecule has 1 unspecified atom stereocenters. The van der Waals surface area contributed by atoms with Crippen LogP contribution in [0.1, 0.15) is 26.2 Å². The highest BCUT2D eigenvalue weighted by Gasteiger charge is 2.30. The van der Waals surface area contributed by atoms with Gasteiger partial charge in [-0.05, 0) is 12.8 Å². The van der Waals surface area contributed by atoms with Crippen molar-refractivity contribution in [2.24, 2.45) is 17.4 Å². The first-order valence-corrected chi connectivity index (χ1v) is 5.73. The van der Waals surface area contributed by atoms with Gasteiger partial charge >= 0.3 is 0 Å². The number of carbonyl (C=O) groups is 1. The molecule has 0 heterocycles. The first kappa shape index (κ1) is 12.4. The van der Waals surface area contributed by atoms with Crippen LogP contribution in [0.5, 0.6) is 0 Å². The molecule has 0 spiro atoms. The van der Waals surface area contributed by atoms with Gasteiger partial charge in [-0.2, -0.15) is 0 Å². The molecule has 1 fully saturated rings. The van der Waals surface area contributed by atoms with Crippen LogP contribution in [-0.2, 0) is 4.79 Å². The van der Waals surface area contributed by atoms with Crippen molar-refractivity contribution in [3.8, 4) is 0 Å². The molecular formula is C10H19N3OS. The van der Waals surface area contributed by atoms with E-state index in [1.807, 2.05) is 6.92 Å². The molecule has 1 amide bonds. The first-order chi connectivity index (χ1) is 7.00. The summed E-state index contributed by atoms with van der Waals surface area (Å²) in [6, 6.07) is 0.612. The van der Waals surface area contributed by atoms with Crippen molar-refractivity contribution >= 4 is 23.1 Å². The minimum absolute atomic E-state index is 0.100. The normalized spacial score (nSPS) is 17.7. The molecule has 0 saturated heterocycles. The van der Waals surface area contributed by atoms with Crippen molar-refractivity contribution in [1.29, 1.82) is 0 Å². The summed E-state index contributed by atoms with van der Waals surface area (Å²) in [5.41, 5.74) is 10.7. The Labute approximate surface area is 96.0 Å². The van der Waals surface area contributed by atoms with Crippen LogP contribution in [0.4, 0.5) is 0 Å². The predicted molar refractivity (Wildman–Crippen MR) is 64.4 cm³/mol. The molecule has 1 aliphatic rings. The molecule has 0 aromatic rings. The zero-order valence-corrected chi connectivity index (χ0v) is 9.93. The summed E-state index contributed by atoms with van der Waals surface area (Å²) < 4.78 is 0. The smallest absolute Gasteiger partial charge is 0.221 e. The number of primary amides is 1. The third-order valence-electron chi connectivity index (χ3n) is 2.70. The maximum atomic E-state index is 11.0. The second kappa shape index (κ2) is 5.42. The lowest BCUT2D eigenvalue weighted by Gasteiger charge is -2.23. The summed E-state index contributed by atoms with van der Waals surface area (Å²) >= 11 is 4.85. The molecule has 1 aliphatic carbocycles. The van der Waals surface area contributed by atoms with Crippen molar-refractivity contribution in [1.82, 2.24) is 4.90 Å². The Hall–Kier alpha value is -0.680. The third-order valence-corrected chi connectivity index (χ3v) is 2.91. The molecule has 5 heteroatoms. The fourth-order valence-electron chi connectivity index (χ4n) is 1.56. The molecule has 1 rings (SSSR count). The number of hydrogen-bond acceptors (Lipinski definition) is 3. The van der Waals surface area contributed by atoms with E-state index in [4.69, 9.17) is 23.7 Å². The van der Waals surface area contributed by atoms with Gasteiger partial charge < -0.3 is 11.5 Å². The van der Waals surface area contributed by atoms with Crippen LogP contribution in [-0.4, -0.2) is 34.9 Å². The lowest BCUT2D eigenvalue weighted by molar-refractivity contribution is -0.121. The van der Waals surface area contributed by atoms with E-state index in [0.29, 0.717) is 11.0 Å². The Morgan fingerprint density at radius 1 is 1.53 bits per heavy atom. The van der Waals surface area contributed by atoms with E-state index in [9.17, 15) is 4.79 Å². The van der Waals surface area contributed by atoms with Crippen LogP contribution in [0.15, 0.2) is 0 Å². The number of hydrogen-bond donors (Lipinski definition) is 2. The zero-order valence-electron chi connectivity index (χ0n) is 9.11. The number of carbonyl (C=O) groups excluding carboxylic acids is 1. The van der Waals surface area contributed by atoms with E-state index in [0.717, 1.165) is 19.5 Å². The number of nitrogens with two attached hydrogens (primary N) is 2.